The smallest absolute Gasteiger partial charge is 0.159 e. The molecule has 5 atom stereocenters. The lowest BCUT2D eigenvalue weighted by Gasteiger charge is -2.35. The van der Waals surface area contributed by atoms with Crippen molar-refractivity contribution in [2.24, 2.45) is 28.1 Å². The summed E-state index contributed by atoms with van der Waals surface area (Å²) in [5, 5.41) is 0. The average molecular weight is 244 g/mol. The van der Waals surface area contributed by atoms with Gasteiger partial charge in [-0.05, 0) is 41.6 Å². The van der Waals surface area contributed by atoms with E-state index in [0.717, 1.165) is 18.4 Å². The van der Waals surface area contributed by atoms with E-state index in [2.05, 4.69) is 20.4 Å². The second-order valence-corrected chi connectivity index (χ2v) is 7.76. The van der Waals surface area contributed by atoms with Crippen LogP contribution in [0.25, 0.3) is 0 Å². The van der Waals surface area contributed by atoms with Crippen molar-refractivity contribution >= 4 is 11.6 Å². The van der Waals surface area contributed by atoms with Crippen molar-refractivity contribution < 1.29 is 9.59 Å². The molecule has 0 radical (unpaired) electrons. The molecule has 18 heavy (non-hydrogen) atoms. The fourth-order valence-electron chi connectivity index (χ4n) is 6.42. The van der Waals surface area contributed by atoms with Gasteiger partial charge in [-0.3, -0.25) is 9.59 Å². The summed E-state index contributed by atoms with van der Waals surface area (Å²) in [6.45, 7) is 8.63. The van der Waals surface area contributed by atoms with Gasteiger partial charge in [-0.15, -0.1) is 0 Å². The topological polar surface area (TPSA) is 34.1 Å². The number of carbonyl (C=O) groups excluding carboxylic acids is 2. The van der Waals surface area contributed by atoms with Crippen molar-refractivity contribution in [2.75, 3.05) is 0 Å². The molecule has 0 unspecified atom stereocenters. The zero-order valence-corrected chi connectivity index (χ0v) is 11.2. The summed E-state index contributed by atoms with van der Waals surface area (Å²) in [5.41, 5.74) is 0.845. The number of hydrogen-bond acceptors (Lipinski definition) is 2. The van der Waals surface area contributed by atoms with Crippen molar-refractivity contribution in [3.8, 4) is 0 Å². The number of carbonyl (C=O) groups is 2. The van der Waals surface area contributed by atoms with Crippen molar-refractivity contribution in [1.29, 1.82) is 0 Å². The van der Waals surface area contributed by atoms with Gasteiger partial charge in [-0.25, -0.2) is 0 Å². The third-order valence-electron chi connectivity index (χ3n) is 6.78. The van der Waals surface area contributed by atoms with Crippen LogP contribution in [-0.4, -0.2) is 11.6 Å². The van der Waals surface area contributed by atoms with E-state index in [4.69, 9.17) is 0 Å². The van der Waals surface area contributed by atoms with Crippen LogP contribution in [0.2, 0.25) is 0 Å². The van der Waals surface area contributed by atoms with Gasteiger partial charge >= 0.3 is 0 Å². The standard InChI is InChI=1S/C16H20O2/c1-9-10-6-14(2)4-5-15(3)8-12(18)16(10,13(14)15)7-11(9)17/h10,13H,1,4-8H2,2-3H3/t10-,13-,14-,15+,16+/m0/s1. The molecule has 0 aromatic rings. The van der Waals surface area contributed by atoms with Crippen LogP contribution in [0.1, 0.15) is 46.0 Å². The highest BCUT2D eigenvalue weighted by Crippen LogP contribution is 2.79. The molecule has 0 heterocycles. The summed E-state index contributed by atoms with van der Waals surface area (Å²) in [5.74, 6) is 1.12. The Hall–Kier alpha value is -0.920. The lowest BCUT2D eigenvalue weighted by atomic mass is 9.67. The molecule has 0 amide bonds. The van der Waals surface area contributed by atoms with E-state index in [0.29, 0.717) is 24.5 Å². The van der Waals surface area contributed by atoms with Gasteiger partial charge in [0.05, 0.1) is 0 Å². The molecule has 1 spiro atoms. The summed E-state index contributed by atoms with van der Waals surface area (Å²) in [6, 6.07) is 0. The Morgan fingerprint density at radius 3 is 2.50 bits per heavy atom. The zero-order valence-electron chi connectivity index (χ0n) is 11.2. The molecule has 2 nitrogen and oxygen atoms in total. The fourth-order valence-corrected chi connectivity index (χ4v) is 6.42. The van der Waals surface area contributed by atoms with Crippen molar-refractivity contribution in [1.82, 2.24) is 0 Å². The first-order chi connectivity index (χ1) is 8.33. The van der Waals surface area contributed by atoms with Crippen LogP contribution in [0.3, 0.4) is 0 Å². The summed E-state index contributed by atoms with van der Waals surface area (Å²) in [7, 11) is 0. The van der Waals surface area contributed by atoms with Crippen LogP contribution in [0.15, 0.2) is 12.2 Å². The molecule has 0 N–H and O–H groups in total. The lowest BCUT2D eigenvalue weighted by molar-refractivity contribution is -0.130. The Labute approximate surface area is 108 Å². The van der Waals surface area contributed by atoms with E-state index < -0.39 is 0 Å². The van der Waals surface area contributed by atoms with E-state index in [-0.39, 0.29) is 27.9 Å². The van der Waals surface area contributed by atoms with Crippen molar-refractivity contribution in [3.05, 3.63) is 12.2 Å². The Kier molecular flexibility index (Phi) is 1.62. The normalized spacial score (nSPS) is 57.3. The quantitative estimate of drug-likeness (QED) is 0.614. The Balaban J connectivity index is 1.97. The molecule has 4 fully saturated rings. The third-order valence-corrected chi connectivity index (χ3v) is 6.78. The highest BCUT2D eigenvalue weighted by Gasteiger charge is 2.77. The summed E-state index contributed by atoms with van der Waals surface area (Å²) in [4.78, 5) is 24.8. The molecule has 4 aliphatic rings. The maximum Gasteiger partial charge on any atom is 0.159 e. The number of rotatable bonds is 0. The predicted octanol–water partition coefficient (Wildman–Crippen LogP) is 2.92. The number of hydrogen-bond donors (Lipinski definition) is 0. The average Bonchev–Trinajstić information content (AvgIpc) is 2.85. The zero-order chi connectivity index (χ0) is 12.9. The molecule has 96 valence electrons. The molecule has 0 aromatic heterocycles. The minimum Gasteiger partial charge on any atom is -0.299 e. The molecule has 0 aliphatic heterocycles. The highest BCUT2D eigenvalue weighted by molar-refractivity contribution is 6.06. The van der Waals surface area contributed by atoms with Gasteiger partial charge in [0.25, 0.3) is 0 Å². The van der Waals surface area contributed by atoms with E-state index >= 15 is 0 Å². The van der Waals surface area contributed by atoms with E-state index in [1.54, 1.807) is 0 Å². The molecule has 4 saturated carbocycles. The van der Waals surface area contributed by atoms with Crippen LogP contribution < -0.4 is 0 Å². The second-order valence-electron chi connectivity index (χ2n) is 7.76. The second kappa shape index (κ2) is 2.66. The molecule has 0 aromatic carbocycles. The van der Waals surface area contributed by atoms with Crippen molar-refractivity contribution in [2.45, 2.75) is 46.0 Å². The molecule has 4 aliphatic carbocycles. The third kappa shape index (κ3) is 0.856. The van der Waals surface area contributed by atoms with Crippen LogP contribution in [0, 0.1) is 28.1 Å². The van der Waals surface area contributed by atoms with E-state index in [1.165, 1.54) is 6.42 Å². The molecule has 2 heteroatoms. The Morgan fingerprint density at radius 1 is 1.11 bits per heavy atom. The molecule has 0 saturated heterocycles. The summed E-state index contributed by atoms with van der Waals surface area (Å²) < 4.78 is 0. The van der Waals surface area contributed by atoms with Gasteiger partial charge in [0.15, 0.2) is 5.78 Å². The van der Waals surface area contributed by atoms with E-state index in [9.17, 15) is 9.59 Å². The minimum atomic E-state index is -0.339. The monoisotopic (exact) mass is 244 g/mol. The number of Topliss-reactive ketones (excluding diaryl/α,β-unsaturated/α-hetero) is 2. The first kappa shape index (κ1) is 11.0. The van der Waals surface area contributed by atoms with Gasteiger partial charge in [0.1, 0.15) is 5.78 Å². The summed E-state index contributed by atoms with van der Waals surface area (Å²) in [6.07, 6.45) is 4.56. The van der Waals surface area contributed by atoms with Crippen LogP contribution in [0.4, 0.5) is 0 Å². The molecule has 4 rings (SSSR count). The van der Waals surface area contributed by atoms with Gasteiger partial charge < -0.3 is 0 Å². The first-order valence-electron chi connectivity index (χ1n) is 7.09. The van der Waals surface area contributed by atoms with Gasteiger partial charge in [-0.1, -0.05) is 20.4 Å². The van der Waals surface area contributed by atoms with Crippen LogP contribution in [0.5, 0.6) is 0 Å². The Bertz CT molecular complexity index is 519. The highest BCUT2D eigenvalue weighted by atomic mass is 16.1. The number of ketones is 2. The largest absolute Gasteiger partial charge is 0.299 e. The minimum absolute atomic E-state index is 0.158. The lowest BCUT2D eigenvalue weighted by Crippen LogP contribution is -2.36. The molecular formula is C16H20O2. The summed E-state index contributed by atoms with van der Waals surface area (Å²) >= 11 is 0. The van der Waals surface area contributed by atoms with Crippen molar-refractivity contribution in [3.63, 3.8) is 0 Å². The first-order valence-corrected chi connectivity index (χ1v) is 7.09. The van der Waals surface area contributed by atoms with Gasteiger partial charge in [-0.2, -0.15) is 0 Å². The fraction of sp³-hybridized carbons (Fsp3) is 0.750. The SMILES string of the molecule is C=C1C(=O)C[C@]23C(=O)C[C@@]4(C)CC[C@@](C)(C[C@@H]12)[C@@H]43. The molecule has 0 bridgehead atoms. The molecular weight excluding hydrogens is 224 g/mol. The predicted molar refractivity (Wildman–Crippen MR) is 67.9 cm³/mol. The Morgan fingerprint density at radius 2 is 1.78 bits per heavy atom. The van der Waals surface area contributed by atoms with E-state index in [1.807, 2.05) is 0 Å². The van der Waals surface area contributed by atoms with Gasteiger partial charge in [0, 0.05) is 24.2 Å². The number of allylic oxidation sites excluding steroid dienone is 1. The van der Waals surface area contributed by atoms with Crippen LogP contribution >= 0.6 is 0 Å². The maximum atomic E-state index is 12.7. The van der Waals surface area contributed by atoms with Crippen LogP contribution in [-0.2, 0) is 9.59 Å². The maximum absolute atomic E-state index is 12.7. The van der Waals surface area contributed by atoms with Gasteiger partial charge in [0.2, 0.25) is 0 Å².